The molecule has 1 aliphatic rings. The lowest BCUT2D eigenvalue weighted by Gasteiger charge is -2.26. The van der Waals surface area contributed by atoms with E-state index >= 15 is 0 Å². The molecule has 1 rings (SSSR count). The van der Waals surface area contributed by atoms with Crippen molar-refractivity contribution in [2.45, 2.75) is 64.5 Å². The fourth-order valence-corrected chi connectivity index (χ4v) is 2.44. The molecule has 104 valence electrons. The normalized spacial score (nSPS) is 19.6. The number of rotatable bonds is 5. The second-order valence-corrected chi connectivity index (χ2v) is 5.89. The number of amides is 2. The Morgan fingerprint density at radius 2 is 1.83 bits per heavy atom. The van der Waals surface area contributed by atoms with Gasteiger partial charge in [-0.15, -0.1) is 0 Å². The quantitative estimate of drug-likeness (QED) is 0.705. The van der Waals surface area contributed by atoms with Gasteiger partial charge in [0.05, 0.1) is 0 Å². The predicted octanol–water partition coefficient (Wildman–Crippen LogP) is 2.12. The molecule has 0 spiro atoms. The molecular formula is C13H24N2O3. The molecule has 5 heteroatoms. The molecule has 1 fully saturated rings. The first kappa shape index (κ1) is 14.8. The number of hydrogen-bond acceptors (Lipinski definition) is 2. The minimum Gasteiger partial charge on any atom is -0.480 e. The second-order valence-electron chi connectivity index (χ2n) is 5.89. The zero-order valence-corrected chi connectivity index (χ0v) is 11.5. The molecule has 1 atom stereocenters. The van der Waals surface area contributed by atoms with Crippen molar-refractivity contribution in [3.8, 4) is 0 Å². The monoisotopic (exact) mass is 256 g/mol. The number of carboxylic acid groups (broad SMARTS) is 1. The third-order valence-corrected chi connectivity index (χ3v) is 3.43. The van der Waals surface area contributed by atoms with E-state index in [0.717, 1.165) is 25.7 Å². The molecule has 0 radical (unpaired) electrons. The third-order valence-electron chi connectivity index (χ3n) is 3.43. The molecule has 0 aromatic rings. The van der Waals surface area contributed by atoms with Crippen molar-refractivity contribution in [1.82, 2.24) is 10.6 Å². The number of carbonyl (C=O) groups excluding carboxylic acids is 1. The molecule has 2 amide bonds. The molecule has 1 saturated carbocycles. The van der Waals surface area contributed by atoms with Crippen LogP contribution in [-0.2, 0) is 4.79 Å². The Morgan fingerprint density at radius 3 is 2.28 bits per heavy atom. The Morgan fingerprint density at radius 1 is 1.28 bits per heavy atom. The number of carbonyl (C=O) groups is 2. The molecule has 0 aromatic heterocycles. The number of nitrogens with one attached hydrogen (secondary N) is 2. The van der Waals surface area contributed by atoms with Gasteiger partial charge in [0.2, 0.25) is 0 Å². The van der Waals surface area contributed by atoms with Crippen LogP contribution < -0.4 is 10.6 Å². The molecule has 18 heavy (non-hydrogen) atoms. The van der Waals surface area contributed by atoms with Crippen LogP contribution in [-0.4, -0.2) is 28.7 Å². The molecule has 5 nitrogen and oxygen atoms in total. The van der Waals surface area contributed by atoms with Gasteiger partial charge in [-0.1, -0.05) is 26.7 Å². The first-order chi connectivity index (χ1) is 8.32. The predicted molar refractivity (Wildman–Crippen MR) is 69.4 cm³/mol. The summed E-state index contributed by atoms with van der Waals surface area (Å²) in [7, 11) is 0. The van der Waals surface area contributed by atoms with E-state index in [1.54, 1.807) is 0 Å². The molecule has 0 unspecified atom stereocenters. The largest absolute Gasteiger partial charge is 0.480 e. The molecule has 0 aliphatic heterocycles. The zero-order chi connectivity index (χ0) is 13.8. The summed E-state index contributed by atoms with van der Waals surface area (Å²) in [5.41, 5.74) is -0.176. The van der Waals surface area contributed by atoms with Gasteiger partial charge in [0.1, 0.15) is 6.04 Å². The van der Waals surface area contributed by atoms with Gasteiger partial charge in [0, 0.05) is 5.54 Å². The summed E-state index contributed by atoms with van der Waals surface area (Å²) in [6.45, 7) is 5.89. The topological polar surface area (TPSA) is 78.4 Å². The van der Waals surface area contributed by atoms with Crippen molar-refractivity contribution in [2.24, 2.45) is 5.92 Å². The minimum absolute atomic E-state index is 0.176. The van der Waals surface area contributed by atoms with Crippen molar-refractivity contribution in [3.05, 3.63) is 0 Å². The number of hydrogen-bond donors (Lipinski definition) is 3. The molecule has 0 bridgehead atoms. The number of carboxylic acids is 1. The molecular weight excluding hydrogens is 232 g/mol. The van der Waals surface area contributed by atoms with E-state index in [1.165, 1.54) is 0 Å². The maximum atomic E-state index is 11.8. The second kappa shape index (κ2) is 6.07. The van der Waals surface area contributed by atoms with E-state index < -0.39 is 12.0 Å². The summed E-state index contributed by atoms with van der Waals surface area (Å²) in [6, 6.07) is -1.18. The van der Waals surface area contributed by atoms with Crippen molar-refractivity contribution in [3.63, 3.8) is 0 Å². The van der Waals surface area contributed by atoms with E-state index in [4.69, 9.17) is 5.11 Å². The van der Waals surface area contributed by atoms with Gasteiger partial charge in [0.25, 0.3) is 0 Å². The lowest BCUT2D eigenvalue weighted by atomic mass is 10.0. The zero-order valence-electron chi connectivity index (χ0n) is 11.5. The Balaban J connectivity index is 2.48. The van der Waals surface area contributed by atoms with Gasteiger partial charge in [-0.3, -0.25) is 0 Å². The highest BCUT2D eigenvalue weighted by Gasteiger charge is 2.31. The lowest BCUT2D eigenvalue weighted by Crippen LogP contribution is -2.53. The summed E-state index contributed by atoms with van der Waals surface area (Å²) in [5, 5.41) is 14.5. The highest BCUT2D eigenvalue weighted by atomic mass is 16.4. The smallest absolute Gasteiger partial charge is 0.326 e. The van der Waals surface area contributed by atoms with Crippen LogP contribution in [0.3, 0.4) is 0 Å². The van der Waals surface area contributed by atoms with Crippen LogP contribution >= 0.6 is 0 Å². The fraction of sp³-hybridized carbons (Fsp3) is 0.846. The van der Waals surface area contributed by atoms with Gasteiger partial charge >= 0.3 is 12.0 Å². The maximum Gasteiger partial charge on any atom is 0.326 e. The summed E-state index contributed by atoms with van der Waals surface area (Å²) >= 11 is 0. The van der Waals surface area contributed by atoms with Crippen LogP contribution in [0.25, 0.3) is 0 Å². The van der Waals surface area contributed by atoms with Gasteiger partial charge in [-0.05, 0) is 32.1 Å². The Kier molecular flexibility index (Phi) is 4.99. The van der Waals surface area contributed by atoms with E-state index in [2.05, 4.69) is 10.6 Å². The number of aliphatic carboxylic acids is 1. The van der Waals surface area contributed by atoms with Gasteiger partial charge in [0.15, 0.2) is 0 Å². The molecule has 0 heterocycles. The SMILES string of the molecule is CC(C)C[C@H](NC(=O)NC1(C)CCCC1)C(=O)O. The first-order valence-corrected chi connectivity index (χ1v) is 6.64. The average Bonchev–Trinajstić information content (AvgIpc) is 2.62. The Hall–Kier alpha value is -1.26. The standard InChI is InChI=1S/C13H24N2O3/c1-9(2)8-10(11(16)17)14-12(18)15-13(3)6-4-5-7-13/h9-10H,4-8H2,1-3H3,(H,16,17)(H2,14,15,18)/t10-/m0/s1. The van der Waals surface area contributed by atoms with Crippen LogP contribution in [0, 0.1) is 5.92 Å². The summed E-state index contributed by atoms with van der Waals surface area (Å²) in [4.78, 5) is 22.9. The molecule has 1 aliphatic carbocycles. The maximum absolute atomic E-state index is 11.8. The van der Waals surface area contributed by atoms with Gasteiger partial charge in [-0.25, -0.2) is 9.59 Å². The van der Waals surface area contributed by atoms with Gasteiger partial charge in [-0.2, -0.15) is 0 Å². The highest BCUT2D eigenvalue weighted by Crippen LogP contribution is 2.28. The lowest BCUT2D eigenvalue weighted by molar-refractivity contribution is -0.139. The molecule has 0 saturated heterocycles. The van der Waals surface area contributed by atoms with Crippen LogP contribution in [0.15, 0.2) is 0 Å². The average molecular weight is 256 g/mol. The van der Waals surface area contributed by atoms with E-state index in [9.17, 15) is 9.59 Å². The number of urea groups is 1. The Bertz CT molecular complexity index is 309. The highest BCUT2D eigenvalue weighted by molar-refractivity contribution is 5.82. The van der Waals surface area contributed by atoms with Crippen LogP contribution in [0.2, 0.25) is 0 Å². The van der Waals surface area contributed by atoms with Crippen molar-refractivity contribution in [1.29, 1.82) is 0 Å². The van der Waals surface area contributed by atoms with E-state index in [-0.39, 0.29) is 17.5 Å². The van der Waals surface area contributed by atoms with Crippen LogP contribution in [0.1, 0.15) is 52.9 Å². The van der Waals surface area contributed by atoms with Gasteiger partial charge < -0.3 is 15.7 Å². The molecule has 3 N–H and O–H groups in total. The fourth-order valence-electron chi connectivity index (χ4n) is 2.44. The van der Waals surface area contributed by atoms with Crippen molar-refractivity contribution < 1.29 is 14.7 Å². The molecule has 0 aromatic carbocycles. The minimum atomic E-state index is -0.976. The van der Waals surface area contributed by atoms with Crippen LogP contribution in [0.4, 0.5) is 4.79 Å². The van der Waals surface area contributed by atoms with Crippen molar-refractivity contribution in [2.75, 3.05) is 0 Å². The van der Waals surface area contributed by atoms with Crippen LogP contribution in [0.5, 0.6) is 0 Å². The summed E-state index contributed by atoms with van der Waals surface area (Å²) < 4.78 is 0. The third kappa shape index (κ3) is 4.55. The first-order valence-electron chi connectivity index (χ1n) is 6.64. The summed E-state index contributed by atoms with van der Waals surface area (Å²) in [6.07, 6.45) is 4.60. The van der Waals surface area contributed by atoms with E-state index in [1.807, 2.05) is 20.8 Å². The Labute approximate surface area is 108 Å². The van der Waals surface area contributed by atoms with E-state index in [0.29, 0.717) is 6.42 Å². The summed E-state index contributed by atoms with van der Waals surface area (Å²) in [5.74, 6) is -0.746. The van der Waals surface area contributed by atoms with Crippen molar-refractivity contribution >= 4 is 12.0 Å².